The van der Waals surface area contributed by atoms with Crippen LogP contribution >= 0.6 is 138 Å². The normalized spacial score (nSPS) is 20.9. The number of hydrazine groups is 3. The molecule has 1 aliphatic carbocycles. The Morgan fingerprint density at radius 2 is 0.775 bits per heavy atom. The molecule has 30 heteroatoms. The van der Waals surface area contributed by atoms with Crippen LogP contribution in [-0.2, 0) is 34.0 Å². The second-order valence-electron chi connectivity index (χ2n) is 25.9. The van der Waals surface area contributed by atoms with Crippen LogP contribution in [-0.4, -0.2) is 120 Å². The number of aromatic nitrogens is 6. The summed E-state index contributed by atoms with van der Waals surface area (Å²) in [5.41, 5.74) is 19.4. The van der Waals surface area contributed by atoms with Gasteiger partial charge in [0.2, 0.25) is 0 Å². The Hall–Kier alpha value is -5.61. The fourth-order valence-electron chi connectivity index (χ4n) is 14.2. The molecule has 7 aliphatic rings. The number of nitrogens with zero attached hydrogens (tertiary/aromatic N) is 9. The topological polar surface area (TPSA) is 178 Å². The number of amides is 3. The summed E-state index contributed by atoms with van der Waals surface area (Å²) in [4.78, 5) is 43.1. The number of fused-ring (bicyclic) bond motifs is 4. The van der Waals surface area contributed by atoms with Crippen molar-refractivity contribution >= 4 is 191 Å². The number of thiophene rings is 3. The largest absolute Gasteiger partial charge is 0.372 e. The number of piperidine rings is 1. The van der Waals surface area contributed by atoms with Crippen molar-refractivity contribution < 1.29 is 28.6 Å². The van der Waals surface area contributed by atoms with E-state index in [2.05, 4.69) is 30.1 Å². The molecule has 4 fully saturated rings. The van der Waals surface area contributed by atoms with Crippen molar-refractivity contribution in [2.24, 2.45) is 11.8 Å². The third-order valence-electron chi connectivity index (χ3n) is 18.9. The molecule has 3 N–H and O–H groups in total. The van der Waals surface area contributed by atoms with Gasteiger partial charge >= 0.3 is 0 Å². The lowest BCUT2D eigenvalue weighted by atomic mass is 9.99. The average Bonchev–Trinajstić information content (AvgIpc) is 1.61. The van der Waals surface area contributed by atoms with E-state index in [0.717, 1.165) is 123 Å². The van der Waals surface area contributed by atoms with Gasteiger partial charge in [0, 0.05) is 101 Å². The highest BCUT2D eigenvalue weighted by molar-refractivity contribution is 7.17. The van der Waals surface area contributed by atoms with Gasteiger partial charge in [-0.1, -0.05) is 117 Å². The molecule has 4 atom stereocenters. The SMILES string of the molecule is CC1CCCC(C)N1NC(=O)c1nn(-c2ccc(Cl)cc2Cl)c2c1COC/C2=C\c1ccc(Cl)s1.O=C(NN1CC2CCCC2C1)c1nn(-c2ccc(Cl)cc2Cl)c2c1COC/C2=C\c1ccc(Cl)s1.O=C(NN1CCCC1)c1nn(-c2ccc(Cl)cc2Cl)c2c1COC/C2=C\c1ccc(Cl)s1. The Morgan fingerprint density at radius 3 is 1.12 bits per heavy atom. The van der Waals surface area contributed by atoms with E-state index in [9.17, 15) is 14.4 Å². The summed E-state index contributed by atoms with van der Waals surface area (Å²) in [5.74, 6) is 0.607. The van der Waals surface area contributed by atoms with Crippen molar-refractivity contribution in [1.82, 2.24) is 60.6 Å². The molecule has 4 unspecified atom stereocenters. The van der Waals surface area contributed by atoms with Crippen LogP contribution in [0.5, 0.6) is 0 Å². The molecule has 3 saturated heterocycles. The molecule has 0 bridgehead atoms. The number of rotatable bonds is 12. The first-order chi connectivity index (χ1) is 49.3. The number of halogens is 9. The highest BCUT2D eigenvalue weighted by Crippen LogP contribution is 2.42. The van der Waals surface area contributed by atoms with Crippen LogP contribution in [0.1, 0.15) is 145 Å². The van der Waals surface area contributed by atoms with Crippen molar-refractivity contribution in [1.29, 1.82) is 0 Å². The summed E-state index contributed by atoms with van der Waals surface area (Å²) in [5, 5.41) is 23.2. The first-order valence-corrected chi connectivity index (χ1v) is 39.2. The third kappa shape index (κ3) is 16.2. The van der Waals surface area contributed by atoms with E-state index in [1.807, 2.05) is 81.8 Å². The van der Waals surface area contributed by atoms with Crippen molar-refractivity contribution in [3.05, 3.63) is 200 Å². The first-order valence-electron chi connectivity index (χ1n) is 33.3. The summed E-state index contributed by atoms with van der Waals surface area (Å²) in [7, 11) is 0. The number of benzene rings is 3. The maximum absolute atomic E-state index is 13.6. The predicted octanol–water partition coefficient (Wildman–Crippen LogP) is 18.9. The quantitative estimate of drug-likeness (QED) is 0.106. The first kappa shape index (κ1) is 73.3. The minimum absolute atomic E-state index is 0.228. The Labute approximate surface area is 646 Å². The van der Waals surface area contributed by atoms with Crippen molar-refractivity contribution in [3.8, 4) is 17.1 Å². The number of carbonyl (C=O) groups excluding carboxylic acids is 3. The number of nitrogens with one attached hydrogen (secondary N) is 3. The van der Waals surface area contributed by atoms with Crippen molar-refractivity contribution in [3.63, 3.8) is 0 Å². The zero-order valence-corrected chi connectivity index (χ0v) is 64.3. The second-order valence-corrected chi connectivity index (χ2v) is 33.6. The molecule has 6 aliphatic heterocycles. The fourth-order valence-corrected chi connectivity index (χ4v) is 18.7. The molecule has 18 nitrogen and oxygen atoms in total. The average molecular weight is 1610 g/mol. The Bertz CT molecular complexity index is 4760. The van der Waals surface area contributed by atoms with Gasteiger partial charge in [0.05, 0.1) is 102 Å². The van der Waals surface area contributed by atoms with E-state index in [0.29, 0.717) is 109 Å². The summed E-state index contributed by atoms with van der Waals surface area (Å²) < 4.78 is 25.0. The van der Waals surface area contributed by atoms with Gasteiger partial charge in [-0.3, -0.25) is 30.7 Å². The van der Waals surface area contributed by atoms with Crippen LogP contribution in [0.4, 0.5) is 0 Å². The standard InChI is InChI=1S/C25H23Cl3N4O2S.C25H25Cl3N4O2S.C22H19Cl3N4O2S/c26-17-4-6-21(20(27)9-17)32-24-16(8-18-5-7-22(28)35-18)12-34-13-19(24)23(29-32)25(33)30-31-10-14-2-1-3-15(14)11-31;1-14-4-3-5-15(2)31(14)30-25(33)23-19-13-34-12-16(10-18-7-9-22(28)35-18)24(19)32(29-23)21-8-6-17(26)11-20(21)27;23-14-3-5-18(17(24)10-14)29-21-13(9-15-4-6-19(25)32-15)11-31-12-16(21)20(26-29)22(30)27-28-7-1-2-8-28/h4-9,14-15H,1-3,10-13H2,(H,30,33);6-11,14-15H,3-5,12-13H2,1-2H3,(H,30,33);3-6,9-10H,1-2,7-8,11-12H2,(H,27,30)/b16-8+;16-10+;13-9+. The van der Waals surface area contributed by atoms with Crippen LogP contribution in [0.3, 0.4) is 0 Å². The van der Waals surface area contributed by atoms with Gasteiger partial charge in [-0.25, -0.2) is 29.1 Å². The van der Waals surface area contributed by atoms with Crippen LogP contribution in [0.25, 0.3) is 52.0 Å². The smallest absolute Gasteiger partial charge is 0.286 e. The Morgan fingerprint density at radius 1 is 0.431 bits per heavy atom. The lowest BCUT2D eigenvalue weighted by molar-refractivity contribution is 0.0363. The van der Waals surface area contributed by atoms with Crippen LogP contribution in [0.2, 0.25) is 43.1 Å². The summed E-state index contributed by atoms with van der Waals surface area (Å²) in [6, 6.07) is 27.7. The summed E-state index contributed by atoms with van der Waals surface area (Å²) in [6.07, 6.45) is 15.2. The van der Waals surface area contributed by atoms with Gasteiger partial charge in [-0.05, 0) is 173 Å². The molecule has 9 aromatic rings. The zero-order chi connectivity index (χ0) is 71.0. The second kappa shape index (κ2) is 32.2. The van der Waals surface area contributed by atoms with Crippen molar-refractivity contribution in [2.45, 2.75) is 97.1 Å². The van der Waals surface area contributed by atoms with Crippen LogP contribution < -0.4 is 16.3 Å². The molecule has 102 heavy (non-hydrogen) atoms. The number of carbonyl (C=O) groups is 3. The number of ether oxygens (including phenoxy) is 3. The van der Waals surface area contributed by atoms with Crippen molar-refractivity contribution in [2.75, 3.05) is 46.0 Å². The van der Waals surface area contributed by atoms with Crippen LogP contribution in [0.15, 0.2) is 91.0 Å². The molecule has 16 rings (SSSR count). The summed E-state index contributed by atoms with van der Waals surface area (Å²) >= 11 is 61.0. The molecule has 12 heterocycles. The maximum atomic E-state index is 13.6. The minimum atomic E-state index is -0.255. The molecule has 3 aromatic carbocycles. The lowest BCUT2D eigenvalue weighted by Gasteiger charge is -2.38. The molecule has 1 saturated carbocycles. The zero-order valence-electron chi connectivity index (χ0n) is 55.0. The van der Waals surface area contributed by atoms with Crippen LogP contribution in [0, 0.1) is 11.8 Å². The molecular formula is C72H67Cl9N12O6S3. The van der Waals surface area contributed by atoms with E-state index >= 15 is 0 Å². The van der Waals surface area contributed by atoms with E-state index in [4.69, 9.17) is 134 Å². The van der Waals surface area contributed by atoms with Gasteiger partial charge in [0.25, 0.3) is 17.7 Å². The minimum Gasteiger partial charge on any atom is -0.372 e. The monoisotopic (exact) mass is 1610 g/mol. The molecular weight excluding hydrogens is 1540 g/mol. The Kier molecular flexibility index (Phi) is 23.2. The Balaban J connectivity index is 0.000000130. The number of hydrogen-bond donors (Lipinski definition) is 3. The van der Waals surface area contributed by atoms with Gasteiger partial charge in [0.15, 0.2) is 17.1 Å². The molecule has 532 valence electrons. The molecule has 0 radical (unpaired) electrons. The lowest BCUT2D eigenvalue weighted by Crippen LogP contribution is -2.54. The number of hydrogen-bond acceptors (Lipinski definition) is 15. The van der Waals surface area contributed by atoms with Gasteiger partial charge in [-0.15, -0.1) is 34.0 Å². The van der Waals surface area contributed by atoms with Gasteiger partial charge in [0.1, 0.15) is 0 Å². The molecule has 0 spiro atoms. The molecule has 3 amide bonds. The van der Waals surface area contributed by atoms with E-state index in [-0.39, 0.29) is 49.6 Å². The van der Waals surface area contributed by atoms with E-state index in [1.54, 1.807) is 56.5 Å². The van der Waals surface area contributed by atoms with Gasteiger partial charge in [-0.2, -0.15) is 15.3 Å². The highest BCUT2D eigenvalue weighted by atomic mass is 35.5. The fraction of sp³-hybridized carbons (Fsp3) is 0.333. The van der Waals surface area contributed by atoms with Gasteiger partial charge < -0.3 is 14.2 Å². The van der Waals surface area contributed by atoms with E-state index < -0.39 is 0 Å². The molecule has 6 aromatic heterocycles. The maximum Gasteiger partial charge on any atom is 0.286 e. The summed E-state index contributed by atoms with van der Waals surface area (Å²) in [6.45, 7) is 9.70. The third-order valence-corrected chi connectivity index (χ3v) is 24.1. The highest BCUT2D eigenvalue weighted by Gasteiger charge is 2.39. The van der Waals surface area contributed by atoms with E-state index in [1.165, 1.54) is 53.3 Å². The predicted molar refractivity (Wildman–Crippen MR) is 412 cm³/mol.